The number of carbonyl (C=O) groups is 1. The Hall–Kier alpha value is -1.92. The third-order valence-corrected chi connectivity index (χ3v) is 3.98. The lowest BCUT2D eigenvalue weighted by Crippen LogP contribution is -2.43. The smallest absolute Gasteiger partial charge is 0.317 e. The van der Waals surface area contributed by atoms with Crippen LogP contribution in [0.4, 0.5) is 9.18 Å². The van der Waals surface area contributed by atoms with Crippen LogP contribution in [0.25, 0.3) is 0 Å². The van der Waals surface area contributed by atoms with Crippen molar-refractivity contribution in [1.82, 2.24) is 20.2 Å². The highest BCUT2D eigenvalue weighted by Crippen LogP contribution is 2.19. The van der Waals surface area contributed by atoms with Gasteiger partial charge in [0.2, 0.25) is 0 Å². The molecule has 0 aromatic carbocycles. The lowest BCUT2D eigenvalue weighted by atomic mass is 10.2. The summed E-state index contributed by atoms with van der Waals surface area (Å²) >= 11 is 0. The van der Waals surface area contributed by atoms with Crippen molar-refractivity contribution >= 4 is 6.03 Å². The summed E-state index contributed by atoms with van der Waals surface area (Å²) in [6, 6.07) is 0.449. The van der Waals surface area contributed by atoms with E-state index in [1.54, 1.807) is 4.90 Å². The predicted molar refractivity (Wildman–Crippen MR) is 73.4 cm³/mol. The average molecular weight is 294 g/mol. The molecule has 1 aliphatic carbocycles. The Labute approximate surface area is 122 Å². The zero-order chi connectivity index (χ0) is 14.7. The monoisotopic (exact) mass is 294 g/mol. The SMILES string of the molecule is O=C(NC1CCCC1)N1CC[C@@H](Oc2ncc(F)cn2)C1. The second kappa shape index (κ2) is 6.24. The van der Waals surface area contributed by atoms with Crippen molar-refractivity contribution in [1.29, 1.82) is 0 Å². The molecule has 2 fully saturated rings. The van der Waals surface area contributed by atoms with Crippen LogP contribution >= 0.6 is 0 Å². The van der Waals surface area contributed by atoms with Crippen molar-refractivity contribution in [2.24, 2.45) is 0 Å². The third-order valence-electron chi connectivity index (χ3n) is 3.98. The van der Waals surface area contributed by atoms with E-state index in [2.05, 4.69) is 15.3 Å². The van der Waals surface area contributed by atoms with Gasteiger partial charge in [0.25, 0.3) is 0 Å². The van der Waals surface area contributed by atoms with Crippen LogP contribution in [0.15, 0.2) is 12.4 Å². The van der Waals surface area contributed by atoms with Crippen molar-refractivity contribution in [3.05, 3.63) is 18.2 Å². The Morgan fingerprint density at radius 3 is 2.71 bits per heavy atom. The number of aromatic nitrogens is 2. The minimum Gasteiger partial charge on any atom is -0.458 e. The lowest BCUT2D eigenvalue weighted by Gasteiger charge is -2.20. The molecule has 114 valence electrons. The summed E-state index contributed by atoms with van der Waals surface area (Å²) in [5.41, 5.74) is 0. The van der Waals surface area contributed by atoms with E-state index in [0.717, 1.165) is 31.7 Å². The molecule has 0 radical (unpaired) electrons. The molecule has 1 saturated carbocycles. The van der Waals surface area contributed by atoms with Gasteiger partial charge in [0.1, 0.15) is 6.10 Å². The predicted octanol–water partition coefficient (Wildman–Crippen LogP) is 1.72. The standard InChI is InChI=1S/C14H19FN4O2/c15-10-7-16-13(17-8-10)21-12-5-6-19(9-12)14(20)18-11-3-1-2-4-11/h7-8,11-12H,1-6,9H2,(H,18,20)/t12-/m1/s1. The summed E-state index contributed by atoms with van der Waals surface area (Å²) in [6.45, 7) is 1.17. The second-order valence-corrected chi connectivity index (χ2v) is 5.59. The molecule has 2 heterocycles. The lowest BCUT2D eigenvalue weighted by molar-refractivity contribution is 0.176. The number of hydrogen-bond donors (Lipinski definition) is 1. The maximum absolute atomic E-state index is 12.7. The highest BCUT2D eigenvalue weighted by atomic mass is 19.1. The number of amides is 2. The minimum absolute atomic E-state index is 0.0203. The summed E-state index contributed by atoms with van der Waals surface area (Å²) in [5, 5.41) is 3.06. The number of nitrogens with one attached hydrogen (secondary N) is 1. The molecular formula is C14H19FN4O2. The maximum Gasteiger partial charge on any atom is 0.317 e. The molecule has 2 amide bonds. The molecule has 7 heteroatoms. The zero-order valence-electron chi connectivity index (χ0n) is 11.8. The van der Waals surface area contributed by atoms with Gasteiger partial charge in [0.05, 0.1) is 18.9 Å². The first-order valence-electron chi connectivity index (χ1n) is 7.40. The van der Waals surface area contributed by atoms with Gasteiger partial charge in [-0.1, -0.05) is 12.8 Å². The molecule has 1 aliphatic heterocycles. The van der Waals surface area contributed by atoms with Crippen LogP contribution in [0.5, 0.6) is 6.01 Å². The van der Waals surface area contributed by atoms with Gasteiger partial charge in [-0.05, 0) is 12.8 Å². The van der Waals surface area contributed by atoms with E-state index < -0.39 is 5.82 Å². The molecular weight excluding hydrogens is 275 g/mol. The normalized spacial score (nSPS) is 22.5. The first-order valence-corrected chi connectivity index (χ1v) is 7.40. The topological polar surface area (TPSA) is 67.4 Å². The molecule has 1 saturated heterocycles. The number of rotatable bonds is 3. The fourth-order valence-electron chi connectivity index (χ4n) is 2.86. The van der Waals surface area contributed by atoms with Gasteiger partial charge in [-0.3, -0.25) is 0 Å². The van der Waals surface area contributed by atoms with Crippen molar-refractivity contribution in [2.75, 3.05) is 13.1 Å². The third kappa shape index (κ3) is 3.59. The Bertz CT molecular complexity index is 490. The summed E-state index contributed by atoms with van der Waals surface area (Å²) in [6.07, 6.45) is 7.27. The van der Waals surface area contributed by atoms with Crippen LogP contribution in [0.3, 0.4) is 0 Å². The van der Waals surface area contributed by atoms with Gasteiger partial charge in [-0.15, -0.1) is 0 Å². The van der Waals surface area contributed by atoms with Crippen molar-refractivity contribution < 1.29 is 13.9 Å². The summed E-state index contributed by atoms with van der Waals surface area (Å²) < 4.78 is 18.3. The molecule has 1 atom stereocenters. The molecule has 21 heavy (non-hydrogen) atoms. The Morgan fingerprint density at radius 2 is 2.00 bits per heavy atom. The van der Waals surface area contributed by atoms with Crippen LogP contribution in [0, 0.1) is 5.82 Å². The van der Waals surface area contributed by atoms with Crippen LogP contribution in [-0.2, 0) is 0 Å². The van der Waals surface area contributed by atoms with Crippen molar-refractivity contribution in [2.45, 2.75) is 44.2 Å². The number of urea groups is 1. The van der Waals surface area contributed by atoms with E-state index in [-0.39, 0.29) is 18.1 Å². The number of carbonyl (C=O) groups excluding carboxylic acids is 1. The molecule has 0 unspecified atom stereocenters. The van der Waals surface area contributed by atoms with Gasteiger partial charge in [-0.2, -0.15) is 0 Å². The summed E-state index contributed by atoms with van der Waals surface area (Å²) in [7, 11) is 0. The zero-order valence-corrected chi connectivity index (χ0v) is 11.8. The van der Waals surface area contributed by atoms with E-state index in [9.17, 15) is 9.18 Å². The maximum atomic E-state index is 12.7. The van der Waals surface area contributed by atoms with Gasteiger partial charge in [0, 0.05) is 19.0 Å². The van der Waals surface area contributed by atoms with E-state index in [0.29, 0.717) is 19.1 Å². The number of likely N-dealkylation sites (tertiary alicyclic amines) is 1. The Balaban J connectivity index is 1.48. The first kappa shape index (κ1) is 14.0. The molecule has 0 spiro atoms. The number of ether oxygens (including phenoxy) is 1. The number of halogens is 1. The van der Waals surface area contributed by atoms with E-state index in [1.165, 1.54) is 12.8 Å². The minimum atomic E-state index is -0.494. The van der Waals surface area contributed by atoms with E-state index in [4.69, 9.17) is 4.74 Å². The van der Waals surface area contributed by atoms with Gasteiger partial charge < -0.3 is 15.0 Å². The largest absolute Gasteiger partial charge is 0.458 e. The van der Waals surface area contributed by atoms with Gasteiger partial charge >= 0.3 is 12.0 Å². The van der Waals surface area contributed by atoms with Gasteiger partial charge in [0.15, 0.2) is 5.82 Å². The molecule has 0 bridgehead atoms. The summed E-state index contributed by atoms with van der Waals surface area (Å²) in [4.78, 5) is 21.4. The van der Waals surface area contributed by atoms with Crippen molar-refractivity contribution in [3.8, 4) is 6.01 Å². The van der Waals surface area contributed by atoms with E-state index >= 15 is 0 Å². The van der Waals surface area contributed by atoms with Crippen LogP contribution in [0.2, 0.25) is 0 Å². The first-order chi connectivity index (χ1) is 10.2. The molecule has 1 aromatic rings. The van der Waals surface area contributed by atoms with Gasteiger partial charge in [-0.25, -0.2) is 19.2 Å². The number of nitrogens with zero attached hydrogens (tertiary/aromatic N) is 3. The molecule has 1 aromatic heterocycles. The van der Waals surface area contributed by atoms with Crippen LogP contribution in [0.1, 0.15) is 32.1 Å². The highest BCUT2D eigenvalue weighted by Gasteiger charge is 2.29. The van der Waals surface area contributed by atoms with E-state index in [1.807, 2.05) is 0 Å². The molecule has 2 aliphatic rings. The molecule has 3 rings (SSSR count). The average Bonchev–Trinajstić information content (AvgIpc) is 3.13. The molecule has 6 nitrogen and oxygen atoms in total. The van der Waals surface area contributed by atoms with Crippen LogP contribution < -0.4 is 10.1 Å². The fourth-order valence-corrected chi connectivity index (χ4v) is 2.86. The summed E-state index contributed by atoms with van der Waals surface area (Å²) in [5.74, 6) is -0.494. The van der Waals surface area contributed by atoms with Crippen molar-refractivity contribution in [3.63, 3.8) is 0 Å². The second-order valence-electron chi connectivity index (χ2n) is 5.59. The number of hydrogen-bond acceptors (Lipinski definition) is 4. The fraction of sp³-hybridized carbons (Fsp3) is 0.643. The quantitative estimate of drug-likeness (QED) is 0.921. The Kier molecular flexibility index (Phi) is 4.17. The molecule has 1 N–H and O–H groups in total. The van der Waals surface area contributed by atoms with Crippen LogP contribution in [-0.4, -0.2) is 46.1 Å². The Morgan fingerprint density at radius 1 is 1.29 bits per heavy atom. The highest BCUT2D eigenvalue weighted by molar-refractivity contribution is 5.74.